The largest absolute Gasteiger partial charge is 0.456 e. The molecule has 0 aromatic heterocycles. The maximum absolute atomic E-state index is 11.8. The zero-order chi connectivity index (χ0) is 17.6. The van der Waals surface area contributed by atoms with Gasteiger partial charge in [-0.05, 0) is 41.5 Å². The van der Waals surface area contributed by atoms with Crippen molar-refractivity contribution in [2.24, 2.45) is 0 Å². The van der Waals surface area contributed by atoms with Crippen LogP contribution in [0.25, 0.3) is 0 Å². The molecule has 0 amide bonds. The molecule has 0 aromatic carbocycles. The third-order valence-corrected chi connectivity index (χ3v) is 4.66. The summed E-state index contributed by atoms with van der Waals surface area (Å²) in [5.74, 6) is 0.444. The van der Waals surface area contributed by atoms with Gasteiger partial charge in [-0.2, -0.15) is 0 Å². The molecule has 0 fully saturated rings. The van der Waals surface area contributed by atoms with Crippen molar-refractivity contribution in [1.29, 1.82) is 0 Å². The molecule has 0 spiro atoms. The monoisotopic (exact) mass is 354 g/mol. The number of carbonyl (C=O) groups is 2. The first kappa shape index (κ1) is 21.6. The van der Waals surface area contributed by atoms with E-state index in [1.807, 2.05) is 41.5 Å². The average molecular weight is 355 g/mol. The fraction of sp³-hybridized carbons (Fsp3) is 0.857. The zero-order valence-corrected chi connectivity index (χ0v) is 16.1. The first-order valence-electron chi connectivity index (χ1n) is 7.18. The molecule has 130 valence electrons. The summed E-state index contributed by atoms with van der Waals surface area (Å²) < 4.78 is 10.5. The number of esters is 2. The third kappa shape index (κ3) is 11.2. The number of ether oxygens (including phenoxy) is 2. The van der Waals surface area contributed by atoms with Crippen LogP contribution in [0.1, 0.15) is 41.5 Å². The van der Waals surface area contributed by atoms with Crippen LogP contribution < -0.4 is 11.5 Å². The second kappa shape index (κ2) is 9.00. The van der Waals surface area contributed by atoms with E-state index >= 15 is 0 Å². The molecular formula is C14H30N2O4S2+2. The quantitative estimate of drug-likeness (QED) is 0.386. The topological polar surface area (TPSA) is 108 Å². The standard InChI is InChI=1S/C14H28N2O4S2/c1-13(2,3)19-11(17)9(15)7-21-22-8-10(16)12(18)20-14(4,5)6/h9-10H,7-8,15-16H2,1-6H3/p+2/t9-,10-/m0/s1. The van der Waals surface area contributed by atoms with Crippen LogP contribution in [-0.4, -0.2) is 46.7 Å². The highest BCUT2D eigenvalue weighted by Crippen LogP contribution is 2.23. The van der Waals surface area contributed by atoms with E-state index in [2.05, 4.69) is 11.5 Å². The molecule has 0 bridgehead atoms. The Bertz CT molecular complexity index is 342. The number of rotatable bonds is 7. The number of carbonyl (C=O) groups excluding carboxylic acids is 2. The second-order valence-corrected chi connectivity index (χ2v) is 9.58. The molecule has 0 aliphatic carbocycles. The first-order chi connectivity index (χ1) is 9.82. The molecule has 22 heavy (non-hydrogen) atoms. The fourth-order valence-electron chi connectivity index (χ4n) is 1.17. The number of hydrogen-bond acceptors (Lipinski definition) is 6. The summed E-state index contributed by atoms with van der Waals surface area (Å²) in [7, 11) is 2.97. The van der Waals surface area contributed by atoms with Gasteiger partial charge in [-0.3, -0.25) is 0 Å². The lowest BCUT2D eigenvalue weighted by Crippen LogP contribution is -2.67. The molecule has 2 atom stereocenters. The van der Waals surface area contributed by atoms with Crippen molar-refractivity contribution in [3.05, 3.63) is 0 Å². The summed E-state index contributed by atoms with van der Waals surface area (Å²) in [6.07, 6.45) is 0. The summed E-state index contributed by atoms with van der Waals surface area (Å²) in [6.45, 7) is 11.0. The summed E-state index contributed by atoms with van der Waals surface area (Å²) in [5.41, 5.74) is 6.61. The minimum atomic E-state index is -0.500. The van der Waals surface area contributed by atoms with Crippen LogP contribution in [0.5, 0.6) is 0 Å². The second-order valence-electron chi connectivity index (χ2n) is 7.03. The maximum Gasteiger partial charge on any atom is 0.366 e. The summed E-state index contributed by atoms with van der Waals surface area (Å²) >= 11 is 0. The van der Waals surface area contributed by atoms with Crippen LogP contribution in [0.2, 0.25) is 0 Å². The molecule has 0 aliphatic heterocycles. The van der Waals surface area contributed by atoms with E-state index in [1.165, 1.54) is 21.6 Å². The zero-order valence-electron chi connectivity index (χ0n) is 14.4. The Hall–Kier alpha value is -0.440. The van der Waals surface area contributed by atoms with E-state index in [0.717, 1.165) is 0 Å². The predicted octanol–water partition coefficient (Wildman–Crippen LogP) is 0.272. The van der Waals surface area contributed by atoms with Gasteiger partial charge < -0.3 is 20.9 Å². The number of hydrogen-bond donors (Lipinski definition) is 2. The molecule has 0 saturated heterocycles. The SMILES string of the molecule is CC(C)(C)OC(=O)[C@@H]([NH3+])CSSC[C@H]([NH3+])C(=O)OC(C)(C)C. The predicted molar refractivity (Wildman–Crippen MR) is 90.0 cm³/mol. The van der Waals surface area contributed by atoms with E-state index < -0.39 is 23.3 Å². The molecule has 0 heterocycles. The van der Waals surface area contributed by atoms with Crippen molar-refractivity contribution in [3.63, 3.8) is 0 Å². The van der Waals surface area contributed by atoms with E-state index in [0.29, 0.717) is 11.5 Å². The van der Waals surface area contributed by atoms with E-state index in [-0.39, 0.29) is 11.9 Å². The molecule has 6 N–H and O–H groups in total. The van der Waals surface area contributed by atoms with E-state index in [1.54, 1.807) is 0 Å². The molecule has 0 saturated carbocycles. The smallest absolute Gasteiger partial charge is 0.366 e. The van der Waals surface area contributed by atoms with E-state index in [4.69, 9.17) is 9.47 Å². The Balaban J connectivity index is 3.97. The lowest BCUT2D eigenvalue weighted by molar-refractivity contribution is -0.402. The molecular weight excluding hydrogens is 324 g/mol. The van der Waals surface area contributed by atoms with Gasteiger partial charge in [0.1, 0.15) is 11.2 Å². The average Bonchev–Trinajstić information content (AvgIpc) is 2.29. The van der Waals surface area contributed by atoms with Crippen molar-refractivity contribution in [1.82, 2.24) is 0 Å². The van der Waals surface area contributed by atoms with Gasteiger partial charge in [0.2, 0.25) is 0 Å². The summed E-state index contributed by atoms with van der Waals surface area (Å²) in [6, 6.07) is -0.858. The van der Waals surface area contributed by atoms with Gasteiger partial charge in [0.15, 0.2) is 12.1 Å². The Morgan fingerprint density at radius 3 is 1.32 bits per heavy atom. The van der Waals surface area contributed by atoms with Crippen molar-refractivity contribution in [2.45, 2.75) is 64.8 Å². The lowest BCUT2D eigenvalue weighted by atomic mass is 10.2. The van der Waals surface area contributed by atoms with Crippen molar-refractivity contribution < 1.29 is 30.5 Å². The molecule has 0 rings (SSSR count). The van der Waals surface area contributed by atoms with Crippen LogP contribution in [0.4, 0.5) is 0 Å². The molecule has 0 aromatic rings. The maximum atomic E-state index is 11.8. The van der Waals surface area contributed by atoms with Gasteiger partial charge in [-0.25, -0.2) is 9.59 Å². The van der Waals surface area contributed by atoms with Crippen LogP contribution in [0, 0.1) is 0 Å². The van der Waals surface area contributed by atoms with Crippen LogP contribution >= 0.6 is 21.6 Å². The summed E-state index contributed by atoms with van der Waals surface area (Å²) in [4.78, 5) is 23.5. The van der Waals surface area contributed by atoms with Crippen LogP contribution in [0.15, 0.2) is 0 Å². The van der Waals surface area contributed by atoms with Gasteiger partial charge in [-0.1, -0.05) is 21.6 Å². The van der Waals surface area contributed by atoms with Gasteiger partial charge in [0, 0.05) is 0 Å². The minimum absolute atomic E-state index is 0.307. The van der Waals surface area contributed by atoms with Crippen molar-refractivity contribution >= 4 is 33.5 Å². The van der Waals surface area contributed by atoms with E-state index in [9.17, 15) is 9.59 Å². The van der Waals surface area contributed by atoms with Gasteiger partial charge in [0.05, 0.1) is 11.5 Å². The molecule has 0 unspecified atom stereocenters. The Labute approximate surface area is 140 Å². The number of quaternary nitrogens is 2. The third-order valence-electron chi connectivity index (χ3n) is 2.10. The highest BCUT2D eigenvalue weighted by Gasteiger charge is 2.27. The molecule has 6 nitrogen and oxygen atoms in total. The fourth-order valence-corrected chi connectivity index (χ4v) is 3.52. The Morgan fingerprint density at radius 1 is 0.818 bits per heavy atom. The summed E-state index contributed by atoms with van der Waals surface area (Å²) in [5, 5.41) is 0. The molecule has 0 radical (unpaired) electrons. The normalized spacial score (nSPS) is 15.1. The van der Waals surface area contributed by atoms with Gasteiger partial charge >= 0.3 is 11.9 Å². The Kier molecular flexibility index (Phi) is 8.82. The van der Waals surface area contributed by atoms with Crippen LogP contribution in [-0.2, 0) is 19.1 Å². The van der Waals surface area contributed by atoms with Crippen molar-refractivity contribution in [3.8, 4) is 0 Å². The van der Waals surface area contributed by atoms with Gasteiger partial charge in [0.25, 0.3) is 0 Å². The lowest BCUT2D eigenvalue weighted by Gasteiger charge is -2.21. The highest BCUT2D eigenvalue weighted by atomic mass is 33.1. The molecule has 8 heteroatoms. The van der Waals surface area contributed by atoms with Crippen molar-refractivity contribution in [2.75, 3.05) is 11.5 Å². The highest BCUT2D eigenvalue weighted by molar-refractivity contribution is 8.76. The van der Waals surface area contributed by atoms with Crippen LogP contribution in [0.3, 0.4) is 0 Å². The van der Waals surface area contributed by atoms with Gasteiger partial charge in [-0.15, -0.1) is 0 Å². The first-order valence-corrected chi connectivity index (χ1v) is 9.67. The molecule has 0 aliphatic rings. The Morgan fingerprint density at radius 2 is 1.09 bits per heavy atom. The minimum Gasteiger partial charge on any atom is -0.456 e.